The molecule has 0 bridgehead atoms. The molecule has 1 aliphatic rings. The first-order valence-electron chi connectivity index (χ1n) is 7.61. The zero-order valence-electron chi connectivity index (χ0n) is 12.8. The predicted molar refractivity (Wildman–Crippen MR) is 88.5 cm³/mol. The van der Waals surface area contributed by atoms with Crippen LogP contribution in [0, 0.1) is 12.4 Å². The molecule has 1 saturated heterocycles. The Morgan fingerprint density at radius 2 is 2.00 bits per heavy atom. The number of benzene rings is 2. The van der Waals surface area contributed by atoms with E-state index in [0.29, 0.717) is 11.3 Å². The van der Waals surface area contributed by atoms with Crippen molar-refractivity contribution in [2.45, 2.75) is 6.61 Å². The monoisotopic (exact) mass is 311 g/mol. The normalized spacial score (nSPS) is 14.3. The van der Waals surface area contributed by atoms with Crippen LogP contribution >= 0.6 is 0 Å². The van der Waals surface area contributed by atoms with Crippen LogP contribution in [-0.4, -0.2) is 26.2 Å². The average molecular weight is 311 g/mol. The molecule has 5 heteroatoms. The van der Waals surface area contributed by atoms with Gasteiger partial charge >= 0.3 is 0 Å². The van der Waals surface area contributed by atoms with Crippen LogP contribution in [0.3, 0.4) is 0 Å². The van der Waals surface area contributed by atoms with E-state index in [1.807, 2.05) is 18.2 Å². The van der Waals surface area contributed by atoms with Crippen LogP contribution in [0.2, 0.25) is 0 Å². The number of nitrogens with one attached hydrogen (secondary N) is 1. The molecule has 0 atom stereocenters. The van der Waals surface area contributed by atoms with Gasteiger partial charge in [-0.3, -0.25) is 0 Å². The zero-order valence-corrected chi connectivity index (χ0v) is 12.8. The maximum Gasteiger partial charge on any atom is 0.190 e. The molecule has 0 amide bonds. The van der Waals surface area contributed by atoms with Crippen molar-refractivity contribution in [2.24, 2.45) is 0 Å². The molecule has 2 aromatic rings. The molecule has 118 valence electrons. The van der Waals surface area contributed by atoms with Crippen LogP contribution in [0.1, 0.15) is 5.56 Å². The fourth-order valence-electron chi connectivity index (χ4n) is 2.58. The summed E-state index contributed by atoms with van der Waals surface area (Å²) in [6, 6.07) is 12.3. The molecule has 1 heterocycles. The first-order valence-corrected chi connectivity index (χ1v) is 7.61. The van der Waals surface area contributed by atoms with Crippen molar-refractivity contribution in [1.82, 2.24) is 5.32 Å². The van der Waals surface area contributed by atoms with Crippen LogP contribution < -0.4 is 15.0 Å². The van der Waals surface area contributed by atoms with Crippen LogP contribution in [0.5, 0.6) is 5.75 Å². The molecule has 0 radical (unpaired) electrons. The minimum atomic E-state index is -0.406. The van der Waals surface area contributed by atoms with Gasteiger partial charge in [-0.1, -0.05) is 18.2 Å². The largest absolute Gasteiger partial charge is 0.489 e. The summed E-state index contributed by atoms with van der Waals surface area (Å²) in [5, 5.41) is 3.33. The lowest BCUT2D eigenvalue weighted by molar-refractivity contribution is 0.300. The highest BCUT2D eigenvalue weighted by molar-refractivity contribution is 5.51. The van der Waals surface area contributed by atoms with Gasteiger partial charge in [-0.2, -0.15) is 0 Å². The maximum atomic E-state index is 13.9. The zero-order chi connectivity index (χ0) is 16.1. The summed E-state index contributed by atoms with van der Waals surface area (Å²) in [4.78, 5) is 5.51. The van der Waals surface area contributed by atoms with E-state index in [9.17, 15) is 4.39 Å². The Hall–Kier alpha value is -2.58. The van der Waals surface area contributed by atoms with Gasteiger partial charge in [0.25, 0.3) is 0 Å². The van der Waals surface area contributed by atoms with Crippen LogP contribution in [0.15, 0.2) is 42.5 Å². The lowest BCUT2D eigenvalue weighted by Crippen LogP contribution is -2.43. The lowest BCUT2D eigenvalue weighted by atomic mass is 10.2. The van der Waals surface area contributed by atoms with E-state index in [0.717, 1.165) is 37.6 Å². The quantitative estimate of drug-likeness (QED) is 0.878. The number of hydrogen-bond donors (Lipinski definition) is 1. The number of ether oxygens (including phenoxy) is 1. The van der Waals surface area contributed by atoms with Gasteiger partial charge in [0, 0.05) is 43.5 Å². The summed E-state index contributed by atoms with van der Waals surface area (Å²) in [5.74, 6) is 0.312. The number of anilines is 1. The second-order valence-corrected chi connectivity index (χ2v) is 5.41. The topological polar surface area (TPSA) is 28.9 Å². The third-order valence-electron chi connectivity index (χ3n) is 3.86. The Kier molecular flexibility index (Phi) is 4.74. The van der Waals surface area contributed by atoms with Crippen molar-refractivity contribution < 1.29 is 9.13 Å². The highest BCUT2D eigenvalue weighted by atomic mass is 19.1. The van der Waals surface area contributed by atoms with Crippen LogP contribution in [0.25, 0.3) is 4.85 Å². The number of halogens is 1. The van der Waals surface area contributed by atoms with Crippen molar-refractivity contribution in [3.05, 3.63) is 65.3 Å². The van der Waals surface area contributed by atoms with E-state index in [1.54, 1.807) is 12.1 Å². The summed E-state index contributed by atoms with van der Waals surface area (Å²) in [6.07, 6.45) is 0. The Balaban J connectivity index is 1.67. The third-order valence-corrected chi connectivity index (χ3v) is 3.86. The van der Waals surface area contributed by atoms with Gasteiger partial charge in [-0.25, -0.2) is 9.24 Å². The first kappa shape index (κ1) is 15.3. The van der Waals surface area contributed by atoms with Gasteiger partial charge in [0.15, 0.2) is 5.69 Å². The van der Waals surface area contributed by atoms with E-state index >= 15 is 0 Å². The smallest absolute Gasteiger partial charge is 0.190 e. The van der Waals surface area contributed by atoms with Gasteiger partial charge in [0.1, 0.15) is 18.2 Å². The van der Waals surface area contributed by atoms with E-state index in [-0.39, 0.29) is 6.61 Å². The molecule has 23 heavy (non-hydrogen) atoms. The van der Waals surface area contributed by atoms with Crippen molar-refractivity contribution >= 4 is 11.4 Å². The number of rotatable bonds is 4. The summed E-state index contributed by atoms with van der Waals surface area (Å²) < 4.78 is 19.6. The summed E-state index contributed by atoms with van der Waals surface area (Å²) in [6.45, 7) is 10.9. The second-order valence-electron chi connectivity index (χ2n) is 5.41. The molecule has 1 fully saturated rings. The molecule has 4 nitrogen and oxygen atoms in total. The van der Waals surface area contributed by atoms with Crippen molar-refractivity contribution in [2.75, 3.05) is 31.1 Å². The number of nitrogens with zero attached hydrogens (tertiary/aromatic N) is 2. The van der Waals surface area contributed by atoms with Gasteiger partial charge in [-0.15, -0.1) is 0 Å². The Morgan fingerprint density at radius 1 is 1.17 bits per heavy atom. The van der Waals surface area contributed by atoms with Gasteiger partial charge in [-0.05, 0) is 18.2 Å². The number of hydrogen-bond acceptors (Lipinski definition) is 3. The third kappa shape index (κ3) is 3.79. The molecule has 1 N–H and O–H groups in total. The fourth-order valence-corrected chi connectivity index (χ4v) is 2.58. The lowest BCUT2D eigenvalue weighted by Gasteiger charge is -2.29. The molecule has 0 saturated carbocycles. The second kappa shape index (κ2) is 7.12. The summed E-state index contributed by atoms with van der Waals surface area (Å²) in [5.41, 5.74) is 1.87. The molecule has 0 aliphatic carbocycles. The molecular weight excluding hydrogens is 293 g/mol. The van der Waals surface area contributed by atoms with E-state index in [1.165, 1.54) is 6.07 Å². The van der Waals surface area contributed by atoms with E-state index in [4.69, 9.17) is 11.3 Å². The van der Waals surface area contributed by atoms with Crippen molar-refractivity contribution in [1.29, 1.82) is 0 Å². The molecule has 2 aromatic carbocycles. The predicted octanol–water partition coefficient (Wildman–Crippen LogP) is 3.37. The minimum Gasteiger partial charge on any atom is -0.489 e. The van der Waals surface area contributed by atoms with Gasteiger partial charge in [0.2, 0.25) is 0 Å². The molecule has 1 aliphatic heterocycles. The Morgan fingerprint density at radius 3 is 2.74 bits per heavy atom. The average Bonchev–Trinajstić information content (AvgIpc) is 2.61. The number of piperazine rings is 1. The van der Waals surface area contributed by atoms with Gasteiger partial charge in [0.05, 0.1) is 6.57 Å². The molecule has 0 unspecified atom stereocenters. The van der Waals surface area contributed by atoms with Crippen molar-refractivity contribution in [3.63, 3.8) is 0 Å². The Bertz CT molecular complexity index is 720. The van der Waals surface area contributed by atoms with E-state index < -0.39 is 5.82 Å². The fraction of sp³-hybridized carbons (Fsp3) is 0.278. The highest BCUT2D eigenvalue weighted by Crippen LogP contribution is 2.23. The van der Waals surface area contributed by atoms with Crippen LogP contribution in [0.4, 0.5) is 15.8 Å². The minimum absolute atomic E-state index is 0.148. The summed E-state index contributed by atoms with van der Waals surface area (Å²) >= 11 is 0. The SMILES string of the molecule is [C-]#[N+]c1ccc(COc2cccc(N3CCNCC3)c2)c(F)c1. The molecular formula is C18H18FN3O. The molecule has 0 aromatic heterocycles. The van der Waals surface area contributed by atoms with Gasteiger partial charge < -0.3 is 15.0 Å². The molecule has 0 spiro atoms. The van der Waals surface area contributed by atoms with Crippen molar-refractivity contribution in [3.8, 4) is 5.75 Å². The van der Waals surface area contributed by atoms with Crippen LogP contribution in [-0.2, 0) is 6.61 Å². The first-order chi connectivity index (χ1) is 11.3. The molecule has 3 rings (SSSR count). The van der Waals surface area contributed by atoms with E-state index in [2.05, 4.69) is 21.1 Å². The standard InChI is InChI=1S/C18H18FN3O/c1-20-15-6-5-14(18(19)11-15)13-23-17-4-2-3-16(12-17)22-9-7-21-8-10-22/h2-6,11-12,21H,7-10,13H2. The maximum absolute atomic E-state index is 13.9. The summed E-state index contributed by atoms with van der Waals surface area (Å²) in [7, 11) is 0. The highest BCUT2D eigenvalue weighted by Gasteiger charge is 2.11. The Labute approximate surface area is 135 Å².